The number of amidine groups is 1. The largest absolute Gasteiger partial charge is 0.507 e. The first-order valence-electron chi connectivity index (χ1n) is 7.15. The molecule has 0 bridgehead atoms. The van der Waals surface area contributed by atoms with Crippen LogP contribution in [0.1, 0.15) is 16.7 Å². The molecule has 0 saturated carbocycles. The highest BCUT2D eigenvalue weighted by atomic mass is 16.5. The standard InChI is InChI=1S/C18H18N2O4/c1-23-11-12-2-3-13(16(21)10-12)6-9-17(22)24-15-7-4-14(5-8-15)18(19)20/h2-10,21H,11H2,1H3,(H3,19,20)/b9-6+. The molecule has 2 aromatic carbocycles. The average Bonchev–Trinajstić information content (AvgIpc) is 2.55. The molecule has 124 valence electrons. The summed E-state index contributed by atoms with van der Waals surface area (Å²) in [5, 5.41) is 17.2. The number of nitrogens with one attached hydrogen (secondary N) is 1. The predicted molar refractivity (Wildman–Crippen MR) is 90.9 cm³/mol. The second-order valence-electron chi connectivity index (χ2n) is 5.02. The number of benzene rings is 2. The van der Waals surface area contributed by atoms with Gasteiger partial charge in [-0.25, -0.2) is 4.79 Å². The van der Waals surface area contributed by atoms with Crippen molar-refractivity contribution in [3.63, 3.8) is 0 Å². The van der Waals surface area contributed by atoms with Gasteiger partial charge in [0.15, 0.2) is 0 Å². The monoisotopic (exact) mass is 326 g/mol. The van der Waals surface area contributed by atoms with Crippen molar-refractivity contribution in [2.24, 2.45) is 5.73 Å². The van der Waals surface area contributed by atoms with Gasteiger partial charge in [-0.2, -0.15) is 0 Å². The molecule has 0 aromatic heterocycles. The summed E-state index contributed by atoms with van der Waals surface area (Å²) in [5.74, 6) is -0.236. The van der Waals surface area contributed by atoms with Crippen molar-refractivity contribution < 1.29 is 19.4 Å². The summed E-state index contributed by atoms with van der Waals surface area (Å²) < 4.78 is 10.1. The van der Waals surface area contributed by atoms with E-state index in [1.807, 2.05) is 0 Å². The van der Waals surface area contributed by atoms with Gasteiger partial charge in [-0.3, -0.25) is 5.41 Å². The van der Waals surface area contributed by atoms with Crippen LogP contribution in [0.3, 0.4) is 0 Å². The molecule has 6 nitrogen and oxygen atoms in total. The van der Waals surface area contributed by atoms with Crippen molar-refractivity contribution in [2.45, 2.75) is 6.61 Å². The summed E-state index contributed by atoms with van der Waals surface area (Å²) in [6.07, 6.45) is 2.70. The number of nitrogen functional groups attached to an aromatic ring is 1. The van der Waals surface area contributed by atoms with E-state index in [-0.39, 0.29) is 11.6 Å². The van der Waals surface area contributed by atoms with Gasteiger partial charge in [0.2, 0.25) is 0 Å². The molecular weight excluding hydrogens is 308 g/mol. The van der Waals surface area contributed by atoms with Crippen LogP contribution in [-0.2, 0) is 16.1 Å². The highest BCUT2D eigenvalue weighted by molar-refractivity contribution is 5.95. The number of carbonyl (C=O) groups is 1. The molecule has 2 rings (SSSR count). The van der Waals surface area contributed by atoms with Crippen molar-refractivity contribution in [3.8, 4) is 11.5 Å². The number of phenols is 1. The first-order chi connectivity index (χ1) is 11.5. The van der Waals surface area contributed by atoms with E-state index in [2.05, 4.69) is 0 Å². The zero-order chi connectivity index (χ0) is 17.5. The van der Waals surface area contributed by atoms with Crippen molar-refractivity contribution in [3.05, 3.63) is 65.2 Å². The Bertz CT molecular complexity index is 767. The lowest BCUT2D eigenvalue weighted by atomic mass is 10.1. The van der Waals surface area contributed by atoms with Gasteiger partial charge in [0.1, 0.15) is 17.3 Å². The van der Waals surface area contributed by atoms with Crippen LogP contribution in [0.2, 0.25) is 0 Å². The second-order valence-corrected chi connectivity index (χ2v) is 5.02. The van der Waals surface area contributed by atoms with Crippen LogP contribution >= 0.6 is 0 Å². The first-order valence-corrected chi connectivity index (χ1v) is 7.15. The molecule has 0 saturated heterocycles. The maximum absolute atomic E-state index is 11.8. The van der Waals surface area contributed by atoms with Crippen LogP contribution in [0, 0.1) is 5.41 Å². The summed E-state index contributed by atoms with van der Waals surface area (Å²) in [4.78, 5) is 11.8. The first kappa shape index (κ1) is 17.2. The van der Waals surface area contributed by atoms with Crippen LogP contribution in [0.15, 0.2) is 48.5 Å². The van der Waals surface area contributed by atoms with Crippen molar-refractivity contribution in [2.75, 3.05) is 7.11 Å². The maximum Gasteiger partial charge on any atom is 0.336 e. The van der Waals surface area contributed by atoms with Crippen LogP contribution in [0.4, 0.5) is 0 Å². The number of esters is 1. The van der Waals surface area contributed by atoms with Crippen LogP contribution in [-0.4, -0.2) is 24.0 Å². The topological polar surface area (TPSA) is 106 Å². The minimum absolute atomic E-state index is 0.0550. The van der Waals surface area contributed by atoms with Crippen molar-refractivity contribution in [1.29, 1.82) is 5.41 Å². The van der Waals surface area contributed by atoms with Gasteiger partial charge >= 0.3 is 5.97 Å². The normalized spacial score (nSPS) is 10.7. The van der Waals surface area contributed by atoms with Gasteiger partial charge in [-0.1, -0.05) is 12.1 Å². The average molecular weight is 326 g/mol. The molecule has 0 radical (unpaired) electrons. The number of aromatic hydroxyl groups is 1. The molecule has 0 spiro atoms. The van der Waals surface area contributed by atoms with Gasteiger partial charge in [-0.15, -0.1) is 0 Å². The maximum atomic E-state index is 11.8. The van der Waals surface area contributed by atoms with E-state index >= 15 is 0 Å². The van der Waals surface area contributed by atoms with Gasteiger partial charge in [0.25, 0.3) is 0 Å². The van der Waals surface area contributed by atoms with Crippen molar-refractivity contribution >= 4 is 17.9 Å². The van der Waals surface area contributed by atoms with E-state index in [1.54, 1.807) is 49.6 Å². The number of nitrogens with two attached hydrogens (primary N) is 1. The van der Waals surface area contributed by atoms with E-state index in [1.165, 1.54) is 12.2 Å². The Labute approximate surface area is 139 Å². The third kappa shape index (κ3) is 4.69. The highest BCUT2D eigenvalue weighted by Crippen LogP contribution is 2.21. The Morgan fingerprint density at radius 2 is 1.96 bits per heavy atom. The molecule has 0 aliphatic heterocycles. The Hall–Kier alpha value is -3.12. The molecule has 0 unspecified atom stereocenters. The van der Waals surface area contributed by atoms with Crippen LogP contribution in [0.25, 0.3) is 6.08 Å². The molecule has 0 amide bonds. The fourth-order valence-corrected chi connectivity index (χ4v) is 2.00. The Kier molecular flexibility index (Phi) is 5.70. The van der Waals surface area contributed by atoms with Gasteiger partial charge < -0.3 is 20.3 Å². The molecule has 6 heteroatoms. The smallest absolute Gasteiger partial charge is 0.336 e. The second kappa shape index (κ2) is 7.94. The van der Waals surface area contributed by atoms with Gasteiger partial charge in [-0.05, 0) is 42.0 Å². The fourth-order valence-electron chi connectivity index (χ4n) is 2.00. The lowest BCUT2D eigenvalue weighted by Gasteiger charge is -2.04. The van der Waals surface area contributed by atoms with E-state index in [0.717, 1.165) is 5.56 Å². The highest BCUT2D eigenvalue weighted by Gasteiger charge is 2.04. The third-order valence-electron chi connectivity index (χ3n) is 3.19. The minimum Gasteiger partial charge on any atom is -0.507 e. The molecular formula is C18H18N2O4. The number of methoxy groups -OCH3 is 1. The predicted octanol–water partition coefficient (Wildman–Crippen LogP) is 2.44. The zero-order valence-electron chi connectivity index (χ0n) is 13.2. The SMILES string of the molecule is COCc1ccc(/C=C/C(=O)Oc2ccc(C(=N)N)cc2)c(O)c1. The molecule has 24 heavy (non-hydrogen) atoms. The summed E-state index contributed by atoms with van der Waals surface area (Å²) in [5.41, 5.74) is 7.23. The minimum atomic E-state index is -0.578. The lowest BCUT2D eigenvalue weighted by Crippen LogP contribution is -2.11. The van der Waals surface area contributed by atoms with E-state index in [4.69, 9.17) is 20.6 Å². The number of phenolic OH excluding ortho intramolecular Hbond substituents is 1. The summed E-state index contributed by atoms with van der Waals surface area (Å²) >= 11 is 0. The number of hydrogen-bond acceptors (Lipinski definition) is 5. The molecule has 0 atom stereocenters. The summed E-state index contributed by atoms with van der Waals surface area (Å²) in [6, 6.07) is 11.4. The van der Waals surface area contributed by atoms with Crippen LogP contribution in [0.5, 0.6) is 11.5 Å². The zero-order valence-corrected chi connectivity index (χ0v) is 13.2. The molecule has 0 aliphatic rings. The summed E-state index contributed by atoms with van der Waals surface area (Å²) in [7, 11) is 1.57. The van der Waals surface area contributed by atoms with E-state index in [0.29, 0.717) is 23.5 Å². The Morgan fingerprint density at radius 3 is 2.54 bits per heavy atom. The number of carbonyl (C=O) groups excluding carboxylic acids is 1. The van der Waals surface area contributed by atoms with E-state index in [9.17, 15) is 9.90 Å². The number of hydrogen-bond donors (Lipinski definition) is 3. The number of ether oxygens (including phenoxy) is 2. The Balaban J connectivity index is 2.01. The van der Waals surface area contributed by atoms with Gasteiger partial charge in [0, 0.05) is 24.3 Å². The van der Waals surface area contributed by atoms with Gasteiger partial charge in [0.05, 0.1) is 6.61 Å². The van der Waals surface area contributed by atoms with Crippen molar-refractivity contribution in [1.82, 2.24) is 0 Å². The lowest BCUT2D eigenvalue weighted by molar-refractivity contribution is -0.128. The molecule has 0 aliphatic carbocycles. The Morgan fingerprint density at radius 1 is 1.25 bits per heavy atom. The fraction of sp³-hybridized carbons (Fsp3) is 0.111. The number of rotatable bonds is 6. The quantitative estimate of drug-likeness (QED) is 0.248. The molecule has 0 fully saturated rings. The molecule has 4 N–H and O–H groups in total. The van der Waals surface area contributed by atoms with E-state index < -0.39 is 5.97 Å². The van der Waals surface area contributed by atoms with Crippen LogP contribution < -0.4 is 10.5 Å². The molecule has 0 heterocycles. The summed E-state index contributed by atoms with van der Waals surface area (Å²) in [6.45, 7) is 0.399. The molecule has 2 aromatic rings. The third-order valence-corrected chi connectivity index (χ3v) is 3.19.